The summed E-state index contributed by atoms with van der Waals surface area (Å²) in [6.45, 7) is 8.31. The average Bonchev–Trinajstić information content (AvgIpc) is 3.15. The number of hydrogen-bond acceptors (Lipinski definition) is 7. The molecule has 1 atom stereocenters. The van der Waals surface area contributed by atoms with Crippen LogP contribution in [-0.2, 0) is 19.5 Å². The molecule has 3 N–H and O–H groups in total. The molecule has 0 aliphatic carbocycles. The number of nitrogens with zero attached hydrogens (tertiary/aromatic N) is 5. The fourth-order valence-corrected chi connectivity index (χ4v) is 4.89. The molecule has 0 bridgehead atoms. The second-order valence-electron chi connectivity index (χ2n) is 9.79. The number of imidazole rings is 1. The zero-order valence-corrected chi connectivity index (χ0v) is 21.5. The molecule has 1 unspecified atom stereocenters. The van der Waals surface area contributed by atoms with E-state index in [0.29, 0.717) is 30.2 Å². The number of hydrogen-bond donors (Lipinski definition) is 2. The first-order valence-electron chi connectivity index (χ1n) is 12.8. The highest BCUT2D eigenvalue weighted by atomic mass is 16.5. The Morgan fingerprint density at radius 2 is 2.09 bits per heavy atom. The molecular formula is C26H39N7O2. The molecule has 1 fully saturated rings. The largest absolute Gasteiger partial charge is 0.463 e. The summed E-state index contributed by atoms with van der Waals surface area (Å²) in [6.07, 6.45) is 5.14. The third-order valence-corrected chi connectivity index (χ3v) is 6.84. The lowest BCUT2D eigenvalue weighted by molar-refractivity contribution is 0.156. The number of piperidine rings is 1. The number of ether oxygens (including phenoxy) is 1. The molecule has 0 amide bonds. The van der Waals surface area contributed by atoms with Crippen molar-refractivity contribution in [3.05, 3.63) is 39.8 Å². The molecule has 1 aliphatic heterocycles. The van der Waals surface area contributed by atoms with E-state index in [0.717, 1.165) is 51.7 Å². The van der Waals surface area contributed by atoms with Crippen molar-refractivity contribution in [2.75, 3.05) is 44.4 Å². The number of H-pyrrole nitrogens is 1. The number of benzene rings is 1. The van der Waals surface area contributed by atoms with Gasteiger partial charge in [0.2, 0.25) is 0 Å². The van der Waals surface area contributed by atoms with E-state index in [-0.39, 0.29) is 17.5 Å². The van der Waals surface area contributed by atoms with E-state index in [1.165, 1.54) is 16.8 Å². The van der Waals surface area contributed by atoms with E-state index in [1.807, 2.05) is 0 Å². The molecule has 0 saturated carbocycles. The van der Waals surface area contributed by atoms with Crippen LogP contribution in [-0.4, -0.2) is 58.2 Å². The minimum Gasteiger partial charge on any atom is -0.463 e. The third kappa shape index (κ3) is 5.78. The Balaban J connectivity index is 1.51. The Morgan fingerprint density at radius 1 is 1.26 bits per heavy atom. The lowest BCUT2D eigenvalue weighted by Crippen LogP contribution is -2.38. The van der Waals surface area contributed by atoms with Gasteiger partial charge in [0.25, 0.3) is 0 Å². The smallest absolute Gasteiger partial charge is 0.327 e. The van der Waals surface area contributed by atoms with Gasteiger partial charge in [-0.15, -0.1) is 0 Å². The summed E-state index contributed by atoms with van der Waals surface area (Å²) in [5.74, 6) is 0.591. The summed E-state index contributed by atoms with van der Waals surface area (Å²) in [5.41, 5.74) is 10.9. The summed E-state index contributed by atoms with van der Waals surface area (Å²) in [4.78, 5) is 29.1. The van der Waals surface area contributed by atoms with Crippen LogP contribution in [0, 0.1) is 5.92 Å². The highest BCUT2D eigenvalue weighted by Crippen LogP contribution is 2.27. The maximum absolute atomic E-state index is 12.8. The standard InChI is InChI=1S/C26H39N7O2/c1-5-7-13-35-25-29-23(27)22-24(30-25)33(26(34)28-22)16-19-9-8-12-32(15-19)17-20-11-10-18(6-2)14-21(20)31(3)4/h10-11,14,19H,5-9,12-13,15-17H2,1-4H3,(H,28,34)(H2,27,29,30). The van der Waals surface area contributed by atoms with Crippen LogP contribution < -0.4 is 21.1 Å². The molecule has 1 aromatic carbocycles. The van der Waals surface area contributed by atoms with E-state index in [2.05, 4.69) is 70.9 Å². The van der Waals surface area contributed by atoms with Gasteiger partial charge in [-0.2, -0.15) is 9.97 Å². The maximum Gasteiger partial charge on any atom is 0.327 e. The number of fused-ring (bicyclic) bond motifs is 1. The Kier molecular flexibility index (Phi) is 7.95. The van der Waals surface area contributed by atoms with E-state index in [4.69, 9.17) is 10.5 Å². The summed E-state index contributed by atoms with van der Waals surface area (Å²) >= 11 is 0. The molecule has 3 aromatic rings. The maximum atomic E-state index is 12.8. The van der Waals surface area contributed by atoms with Crippen molar-refractivity contribution in [3.8, 4) is 6.01 Å². The molecule has 35 heavy (non-hydrogen) atoms. The number of likely N-dealkylation sites (tertiary alicyclic amines) is 1. The lowest BCUT2D eigenvalue weighted by atomic mass is 9.97. The van der Waals surface area contributed by atoms with Crippen LogP contribution in [0.25, 0.3) is 11.2 Å². The van der Waals surface area contributed by atoms with E-state index < -0.39 is 0 Å². The van der Waals surface area contributed by atoms with Gasteiger partial charge in [0.05, 0.1) is 6.61 Å². The monoisotopic (exact) mass is 481 g/mol. The van der Waals surface area contributed by atoms with Gasteiger partial charge in [-0.05, 0) is 55.3 Å². The lowest BCUT2D eigenvalue weighted by Gasteiger charge is -2.33. The summed E-state index contributed by atoms with van der Waals surface area (Å²) in [6, 6.07) is 7.03. The van der Waals surface area contributed by atoms with Crippen molar-refractivity contribution in [1.29, 1.82) is 0 Å². The van der Waals surface area contributed by atoms with Gasteiger partial charge in [-0.3, -0.25) is 9.47 Å². The molecule has 1 saturated heterocycles. The fraction of sp³-hybridized carbons (Fsp3) is 0.577. The van der Waals surface area contributed by atoms with E-state index in [1.54, 1.807) is 4.57 Å². The van der Waals surface area contributed by atoms with Gasteiger partial charge in [0.15, 0.2) is 11.5 Å². The zero-order valence-electron chi connectivity index (χ0n) is 21.5. The SMILES string of the molecule is CCCCOc1nc(N)c2[nH]c(=O)n(CC3CCCN(Cc4ccc(CC)cc4N(C)C)C3)c2n1. The fourth-order valence-electron chi connectivity index (χ4n) is 4.89. The number of nitrogen functional groups attached to an aromatic ring is 1. The van der Waals surface area contributed by atoms with Gasteiger partial charge < -0.3 is 20.4 Å². The number of rotatable bonds is 10. The highest BCUT2D eigenvalue weighted by Gasteiger charge is 2.24. The molecule has 190 valence electrons. The number of aromatic nitrogens is 4. The number of aryl methyl sites for hydroxylation is 1. The Hall–Kier alpha value is -3.07. The van der Waals surface area contributed by atoms with Crippen LogP contribution in [0.1, 0.15) is 50.7 Å². The van der Waals surface area contributed by atoms with Crippen molar-refractivity contribution < 1.29 is 4.74 Å². The number of aromatic amines is 1. The van der Waals surface area contributed by atoms with Crippen molar-refractivity contribution in [3.63, 3.8) is 0 Å². The topological polar surface area (TPSA) is 105 Å². The molecule has 0 radical (unpaired) electrons. The molecule has 9 nitrogen and oxygen atoms in total. The van der Waals surface area contributed by atoms with Crippen LogP contribution in [0.4, 0.5) is 11.5 Å². The number of anilines is 2. The van der Waals surface area contributed by atoms with Gasteiger partial charge in [-0.25, -0.2) is 4.79 Å². The Morgan fingerprint density at radius 3 is 2.83 bits per heavy atom. The van der Waals surface area contributed by atoms with Crippen molar-refractivity contribution in [1.82, 2.24) is 24.4 Å². The quantitative estimate of drug-likeness (QED) is 0.428. The van der Waals surface area contributed by atoms with Gasteiger partial charge in [0, 0.05) is 39.4 Å². The second kappa shape index (κ2) is 11.1. The molecule has 1 aliphatic rings. The molecule has 2 aromatic heterocycles. The van der Waals surface area contributed by atoms with E-state index >= 15 is 0 Å². The Bertz CT molecular complexity index is 1200. The van der Waals surface area contributed by atoms with E-state index in [9.17, 15) is 4.79 Å². The van der Waals surface area contributed by atoms with Crippen LogP contribution in [0.2, 0.25) is 0 Å². The predicted molar refractivity (Wildman–Crippen MR) is 141 cm³/mol. The van der Waals surface area contributed by atoms with Gasteiger partial charge in [0.1, 0.15) is 5.52 Å². The summed E-state index contributed by atoms with van der Waals surface area (Å²) in [5, 5.41) is 0. The summed E-state index contributed by atoms with van der Waals surface area (Å²) in [7, 11) is 4.21. The molecule has 4 rings (SSSR count). The molecule has 9 heteroatoms. The zero-order chi connectivity index (χ0) is 24.9. The first-order chi connectivity index (χ1) is 16.9. The normalized spacial score (nSPS) is 16.6. The highest BCUT2D eigenvalue weighted by molar-refractivity contribution is 5.81. The van der Waals surface area contributed by atoms with Crippen molar-refractivity contribution >= 4 is 22.7 Å². The van der Waals surface area contributed by atoms with Crippen LogP contribution in [0.5, 0.6) is 6.01 Å². The first-order valence-corrected chi connectivity index (χ1v) is 12.8. The Labute approximate surface area is 207 Å². The predicted octanol–water partition coefficient (Wildman–Crippen LogP) is 3.42. The van der Waals surface area contributed by atoms with Gasteiger partial charge >= 0.3 is 11.7 Å². The minimum absolute atomic E-state index is 0.200. The number of nitrogens with two attached hydrogens (primary N) is 1. The third-order valence-electron chi connectivity index (χ3n) is 6.84. The average molecular weight is 482 g/mol. The van der Waals surface area contributed by atoms with Crippen LogP contribution in [0.3, 0.4) is 0 Å². The van der Waals surface area contributed by atoms with Crippen LogP contribution >= 0.6 is 0 Å². The van der Waals surface area contributed by atoms with Crippen molar-refractivity contribution in [2.45, 2.75) is 59.0 Å². The molecule has 3 heterocycles. The number of unbranched alkanes of at least 4 members (excludes halogenated alkanes) is 1. The van der Waals surface area contributed by atoms with Crippen molar-refractivity contribution in [2.24, 2.45) is 5.92 Å². The second-order valence-corrected chi connectivity index (χ2v) is 9.79. The molecular weight excluding hydrogens is 442 g/mol. The van der Waals surface area contributed by atoms with Crippen LogP contribution in [0.15, 0.2) is 23.0 Å². The number of nitrogens with one attached hydrogen (secondary N) is 1. The first kappa shape index (κ1) is 25.0. The minimum atomic E-state index is -0.200. The molecule has 0 spiro atoms. The summed E-state index contributed by atoms with van der Waals surface area (Å²) < 4.78 is 7.38. The van der Waals surface area contributed by atoms with Gasteiger partial charge in [-0.1, -0.05) is 32.4 Å².